The van der Waals surface area contributed by atoms with Crippen LogP contribution in [0.25, 0.3) is 0 Å². The van der Waals surface area contributed by atoms with E-state index in [0.717, 1.165) is 59.4 Å². The van der Waals surface area contributed by atoms with Crippen molar-refractivity contribution in [2.45, 2.75) is 71.0 Å². The van der Waals surface area contributed by atoms with Crippen LogP contribution < -0.4 is 9.62 Å². The Morgan fingerprint density at radius 2 is 1.56 bits per heavy atom. The maximum Gasteiger partial charge on any atom is 0.244 e. The van der Waals surface area contributed by atoms with E-state index < -0.39 is 28.5 Å². The van der Waals surface area contributed by atoms with E-state index >= 15 is 0 Å². The molecule has 1 aliphatic carbocycles. The fourth-order valence-electron chi connectivity index (χ4n) is 5.45. The van der Waals surface area contributed by atoms with Gasteiger partial charge in [0.05, 0.1) is 11.9 Å². The van der Waals surface area contributed by atoms with Crippen LogP contribution in [0.15, 0.2) is 66.7 Å². The van der Waals surface area contributed by atoms with E-state index in [0.29, 0.717) is 21.3 Å². The molecule has 3 aromatic carbocycles. The van der Waals surface area contributed by atoms with Crippen molar-refractivity contribution in [3.05, 3.63) is 99.0 Å². The maximum absolute atomic E-state index is 14.3. The van der Waals surface area contributed by atoms with Gasteiger partial charge in [-0.15, -0.1) is 0 Å². The van der Waals surface area contributed by atoms with Gasteiger partial charge in [-0.1, -0.05) is 84.9 Å². The quantitative estimate of drug-likeness (QED) is 0.260. The summed E-state index contributed by atoms with van der Waals surface area (Å²) in [6.45, 7) is 3.25. The molecule has 0 aromatic heterocycles. The first-order valence-corrected chi connectivity index (χ1v) is 17.2. The van der Waals surface area contributed by atoms with E-state index in [-0.39, 0.29) is 24.9 Å². The summed E-state index contributed by atoms with van der Waals surface area (Å²) in [7, 11) is -3.86. The van der Waals surface area contributed by atoms with Gasteiger partial charge in [0.25, 0.3) is 0 Å². The molecule has 43 heavy (non-hydrogen) atoms. The highest BCUT2D eigenvalue weighted by molar-refractivity contribution is 7.92. The lowest BCUT2D eigenvalue weighted by molar-refractivity contribution is -0.140. The van der Waals surface area contributed by atoms with Gasteiger partial charge in [0.15, 0.2) is 0 Å². The second kappa shape index (κ2) is 14.6. The van der Waals surface area contributed by atoms with Crippen LogP contribution in [-0.4, -0.2) is 50.0 Å². The maximum atomic E-state index is 14.3. The lowest BCUT2D eigenvalue weighted by atomic mass is 9.94. The number of hydrogen-bond donors (Lipinski definition) is 1. The number of sulfonamides is 1. The molecule has 0 radical (unpaired) electrons. The Kier molecular flexibility index (Phi) is 11.2. The van der Waals surface area contributed by atoms with Gasteiger partial charge < -0.3 is 10.2 Å². The van der Waals surface area contributed by atoms with Crippen LogP contribution in [0.3, 0.4) is 0 Å². The Hall–Kier alpha value is -3.07. The number of carbonyl (C=O) groups is 2. The van der Waals surface area contributed by atoms with Crippen molar-refractivity contribution in [2.75, 3.05) is 17.1 Å². The number of nitrogens with zero attached hydrogens (tertiary/aromatic N) is 2. The Bertz CT molecular complexity index is 1520. The minimum Gasteiger partial charge on any atom is -0.352 e. The molecule has 1 saturated carbocycles. The van der Waals surface area contributed by atoms with Crippen molar-refractivity contribution < 1.29 is 18.0 Å². The van der Waals surface area contributed by atoms with Gasteiger partial charge in [-0.2, -0.15) is 0 Å². The molecule has 1 aliphatic rings. The number of amides is 2. The van der Waals surface area contributed by atoms with Crippen LogP contribution >= 0.6 is 23.2 Å². The van der Waals surface area contributed by atoms with Crippen LogP contribution in [0.1, 0.15) is 54.4 Å². The third-order valence-electron chi connectivity index (χ3n) is 8.07. The van der Waals surface area contributed by atoms with Gasteiger partial charge in [0.1, 0.15) is 12.6 Å². The fourth-order valence-corrected chi connectivity index (χ4v) is 6.80. The number of halogens is 2. The third-order valence-corrected chi connectivity index (χ3v) is 9.92. The van der Waals surface area contributed by atoms with Gasteiger partial charge in [-0.3, -0.25) is 13.9 Å². The Morgan fingerprint density at radius 3 is 2.16 bits per heavy atom. The summed E-state index contributed by atoms with van der Waals surface area (Å²) in [5, 5.41) is 3.89. The van der Waals surface area contributed by atoms with Crippen molar-refractivity contribution in [2.24, 2.45) is 0 Å². The van der Waals surface area contributed by atoms with Gasteiger partial charge in [-0.25, -0.2) is 8.42 Å². The van der Waals surface area contributed by atoms with Crippen LogP contribution in [0.2, 0.25) is 10.0 Å². The van der Waals surface area contributed by atoms with E-state index in [1.807, 2.05) is 50.2 Å². The topological polar surface area (TPSA) is 86.8 Å². The summed E-state index contributed by atoms with van der Waals surface area (Å²) in [5.41, 5.74) is 3.62. The standard InChI is InChI=1S/C33H39Cl2N3O4S/c1-23-17-18-27(19-24(23)2)38(43(3,41)42)22-32(39)37(21-28-29(34)15-10-16-30(28)35)31(20-25-11-6-4-7-12-25)33(40)36-26-13-8-5-9-14-26/h4,6-7,10-12,15-19,26,31H,5,8-9,13-14,20-22H2,1-3H3,(H,36,40). The molecule has 1 N–H and O–H groups in total. The minimum atomic E-state index is -3.86. The zero-order chi connectivity index (χ0) is 31.1. The second-order valence-corrected chi connectivity index (χ2v) is 14.0. The molecule has 4 rings (SSSR count). The Labute approximate surface area is 265 Å². The number of nitrogens with one attached hydrogen (secondary N) is 1. The molecule has 0 bridgehead atoms. The molecule has 3 aromatic rings. The lowest BCUT2D eigenvalue weighted by Gasteiger charge is -2.35. The van der Waals surface area contributed by atoms with Crippen molar-refractivity contribution >= 4 is 50.7 Å². The number of anilines is 1. The molecule has 1 fully saturated rings. The van der Waals surface area contributed by atoms with Gasteiger partial charge in [-0.05, 0) is 67.6 Å². The highest BCUT2D eigenvalue weighted by atomic mass is 35.5. The summed E-state index contributed by atoms with van der Waals surface area (Å²) in [6, 6.07) is 18.9. The highest BCUT2D eigenvalue weighted by Gasteiger charge is 2.34. The summed E-state index contributed by atoms with van der Waals surface area (Å²) in [5.74, 6) is -0.830. The highest BCUT2D eigenvalue weighted by Crippen LogP contribution is 2.29. The molecule has 0 aliphatic heterocycles. The van der Waals surface area contributed by atoms with Crippen molar-refractivity contribution in [1.82, 2.24) is 10.2 Å². The molecule has 1 atom stereocenters. The summed E-state index contributed by atoms with van der Waals surface area (Å²) < 4.78 is 27.2. The van der Waals surface area contributed by atoms with Gasteiger partial charge in [0, 0.05) is 34.6 Å². The molecule has 0 saturated heterocycles. The fraction of sp³-hybridized carbons (Fsp3) is 0.394. The summed E-state index contributed by atoms with van der Waals surface area (Å²) in [4.78, 5) is 29.8. The normalized spacial score (nSPS) is 14.6. The molecule has 10 heteroatoms. The largest absolute Gasteiger partial charge is 0.352 e. The third kappa shape index (κ3) is 8.74. The summed E-state index contributed by atoms with van der Waals surface area (Å²) in [6.07, 6.45) is 6.26. The van der Waals surface area contributed by atoms with E-state index in [1.54, 1.807) is 30.3 Å². The van der Waals surface area contributed by atoms with E-state index in [4.69, 9.17) is 23.2 Å². The zero-order valence-electron chi connectivity index (χ0n) is 24.9. The van der Waals surface area contributed by atoms with Crippen molar-refractivity contribution in [1.29, 1.82) is 0 Å². The molecule has 2 amide bonds. The Morgan fingerprint density at radius 1 is 0.907 bits per heavy atom. The molecule has 7 nitrogen and oxygen atoms in total. The zero-order valence-corrected chi connectivity index (χ0v) is 27.2. The molecule has 0 spiro atoms. The molecule has 230 valence electrons. The number of carbonyl (C=O) groups excluding carboxylic acids is 2. The van der Waals surface area contributed by atoms with Crippen LogP contribution in [0.5, 0.6) is 0 Å². The SMILES string of the molecule is Cc1ccc(N(CC(=O)N(Cc2c(Cl)cccc2Cl)C(Cc2ccccc2)C(=O)NC2CCCCC2)S(C)(=O)=O)cc1C. The molecular weight excluding hydrogens is 605 g/mol. The van der Waals surface area contributed by atoms with E-state index in [1.165, 1.54) is 4.90 Å². The number of hydrogen-bond acceptors (Lipinski definition) is 4. The predicted molar refractivity (Wildman–Crippen MR) is 174 cm³/mol. The second-order valence-electron chi connectivity index (χ2n) is 11.3. The van der Waals surface area contributed by atoms with E-state index in [2.05, 4.69) is 5.32 Å². The number of aryl methyl sites for hydroxylation is 2. The first kappa shape index (κ1) is 32.8. The van der Waals surface area contributed by atoms with Crippen LogP contribution in [0.4, 0.5) is 5.69 Å². The van der Waals surface area contributed by atoms with Gasteiger partial charge >= 0.3 is 0 Å². The monoisotopic (exact) mass is 643 g/mol. The lowest BCUT2D eigenvalue weighted by Crippen LogP contribution is -2.55. The first-order valence-electron chi connectivity index (χ1n) is 14.6. The van der Waals surface area contributed by atoms with Crippen LogP contribution in [0, 0.1) is 13.8 Å². The van der Waals surface area contributed by atoms with Crippen molar-refractivity contribution in [3.8, 4) is 0 Å². The average molecular weight is 645 g/mol. The Balaban J connectivity index is 1.76. The summed E-state index contributed by atoms with van der Waals surface area (Å²) >= 11 is 13.1. The first-order chi connectivity index (χ1) is 20.4. The number of rotatable bonds is 11. The molecule has 1 unspecified atom stereocenters. The van der Waals surface area contributed by atoms with Crippen LogP contribution in [-0.2, 0) is 32.6 Å². The smallest absolute Gasteiger partial charge is 0.244 e. The minimum absolute atomic E-state index is 0.0171. The van der Waals surface area contributed by atoms with E-state index in [9.17, 15) is 18.0 Å². The van der Waals surface area contributed by atoms with Crippen molar-refractivity contribution in [3.63, 3.8) is 0 Å². The number of benzene rings is 3. The molecular formula is C33H39Cl2N3O4S. The molecule has 0 heterocycles. The van der Waals surface area contributed by atoms with Gasteiger partial charge in [0.2, 0.25) is 21.8 Å². The average Bonchev–Trinajstić information content (AvgIpc) is 2.97. The predicted octanol–water partition coefficient (Wildman–Crippen LogP) is 6.47.